The number of ether oxygens (including phenoxy) is 1. The van der Waals surface area contributed by atoms with Crippen molar-refractivity contribution < 1.29 is 19.4 Å². The Hall–Kier alpha value is -3.27. The standard InChI is InChI=1S/C11H7N3OS.C10H17NO4.C2H6/c15-11-9-7(4-6-16-9)13-10(14-11)8-3-1-2-5-12-8;1-10(2,3)15-9(14)11-6-4-5-7(11)8(12)13;1-2/h1-6H,(H,13,14,15);7H,4-6H2,1-3H3,(H,12,13);1-2H3. The number of thiophene rings is 1. The van der Waals surface area contributed by atoms with E-state index in [-0.39, 0.29) is 5.56 Å². The van der Waals surface area contributed by atoms with E-state index in [0.29, 0.717) is 29.2 Å². The van der Waals surface area contributed by atoms with E-state index in [1.807, 2.05) is 43.5 Å². The molecule has 2 N–H and O–H groups in total. The van der Waals surface area contributed by atoms with Gasteiger partial charge in [0.1, 0.15) is 22.0 Å². The van der Waals surface area contributed by atoms with Gasteiger partial charge in [0.25, 0.3) is 5.56 Å². The van der Waals surface area contributed by atoms with Crippen LogP contribution in [0.1, 0.15) is 47.5 Å². The summed E-state index contributed by atoms with van der Waals surface area (Å²) in [6, 6.07) is 6.61. The lowest BCUT2D eigenvalue weighted by atomic mass is 10.2. The first kappa shape index (κ1) is 26.0. The van der Waals surface area contributed by atoms with Crippen molar-refractivity contribution in [3.8, 4) is 11.5 Å². The number of aliphatic carboxylic acids is 1. The van der Waals surface area contributed by atoms with E-state index in [1.165, 1.54) is 16.2 Å². The maximum Gasteiger partial charge on any atom is 0.411 e. The first-order valence-electron chi connectivity index (χ1n) is 10.8. The molecule has 1 aliphatic rings. The van der Waals surface area contributed by atoms with Crippen LogP contribution in [0.15, 0.2) is 40.6 Å². The fourth-order valence-corrected chi connectivity index (χ4v) is 3.79. The fourth-order valence-electron chi connectivity index (χ4n) is 3.06. The number of pyridine rings is 1. The summed E-state index contributed by atoms with van der Waals surface area (Å²) in [6.45, 7) is 9.75. The largest absolute Gasteiger partial charge is 0.480 e. The minimum atomic E-state index is -0.960. The van der Waals surface area contributed by atoms with Crippen LogP contribution in [0.2, 0.25) is 0 Å². The molecule has 0 spiro atoms. The zero-order valence-corrected chi connectivity index (χ0v) is 20.3. The van der Waals surface area contributed by atoms with Gasteiger partial charge in [0.05, 0.1) is 5.52 Å². The van der Waals surface area contributed by atoms with Gasteiger partial charge in [0.2, 0.25) is 0 Å². The molecule has 3 aromatic rings. The van der Waals surface area contributed by atoms with E-state index in [9.17, 15) is 14.4 Å². The molecule has 178 valence electrons. The summed E-state index contributed by atoms with van der Waals surface area (Å²) in [5.41, 5.74) is 0.700. The smallest absolute Gasteiger partial charge is 0.411 e. The number of amides is 1. The SMILES string of the molecule is CC.CC(C)(C)OC(=O)N1CCCC1C(=O)O.O=c1[nH]c(-c2ccccn2)nc2ccsc12. The maximum atomic E-state index is 11.7. The number of hydrogen-bond acceptors (Lipinski definition) is 7. The molecule has 0 radical (unpaired) electrons. The fraction of sp³-hybridized carbons (Fsp3) is 0.435. The molecule has 1 unspecified atom stereocenters. The lowest BCUT2D eigenvalue weighted by Crippen LogP contribution is -2.43. The number of aromatic amines is 1. The molecule has 3 aromatic heterocycles. The van der Waals surface area contributed by atoms with Gasteiger partial charge in [0.15, 0.2) is 5.82 Å². The molecule has 1 saturated heterocycles. The lowest BCUT2D eigenvalue weighted by molar-refractivity contribution is -0.142. The van der Waals surface area contributed by atoms with Crippen LogP contribution in [0.5, 0.6) is 0 Å². The van der Waals surface area contributed by atoms with Crippen LogP contribution in [-0.2, 0) is 9.53 Å². The number of H-pyrrole nitrogens is 1. The van der Waals surface area contributed by atoms with E-state index < -0.39 is 23.7 Å². The third kappa shape index (κ3) is 7.11. The molecular weight excluding hydrogens is 444 g/mol. The quantitative estimate of drug-likeness (QED) is 0.558. The molecule has 1 aliphatic heterocycles. The van der Waals surface area contributed by atoms with Gasteiger partial charge >= 0.3 is 12.1 Å². The number of carbonyl (C=O) groups excluding carboxylic acids is 1. The van der Waals surface area contributed by atoms with Gasteiger partial charge in [-0.3, -0.25) is 14.7 Å². The maximum absolute atomic E-state index is 11.7. The van der Waals surface area contributed by atoms with Gasteiger partial charge in [-0.1, -0.05) is 19.9 Å². The van der Waals surface area contributed by atoms with Gasteiger partial charge in [-0.2, -0.15) is 0 Å². The Morgan fingerprint density at radius 1 is 1.24 bits per heavy atom. The second-order valence-electron chi connectivity index (χ2n) is 7.93. The molecule has 1 atom stereocenters. The number of carboxylic acids is 1. The topological polar surface area (TPSA) is 125 Å². The van der Waals surface area contributed by atoms with E-state index in [4.69, 9.17) is 9.84 Å². The molecule has 0 aliphatic carbocycles. The summed E-state index contributed by atoms with van der Waals surface area (Å²) in [5, 5.41) is 10.7. The van der Waals surface area contributed by atoms with Crippen molar-refractivity contribution in [2.24, 2.45) is 0 Å². The lowest BCUT2D eigenvalue weighted by Gasteiger charge is -2.26. The van der Waals surface area contributed by atoms with Crippen molar-refractivity contribution in [2.75, 3.05) is 6.54 Å². The highest BCUT2D eigenvalue weighted by Crippen LogP contribution is 2.21. The summed E-state index contributed by atoms with van der Waals surface area (Å²) in [4.78, 5) is 46.7. The number of carboxylic acid groups (broad SMARTS) is 1. The van der Waals surface area contributed by atoms with Crippen LogP contribution in [0.3, 0.4) is 0 Å². The third-order valence-corrected chi connectivity index (χ3v) is 5.29. The molecule has 9 nitrogen and oxygen atoms in total. The van der Waals surface area contributed by atoms with Crippen LogP contribution in [0.25, 0.3) is 21.7 Å². The predicted octanol–water partition coefficient (Wildman–Crippen LogP) is 4.54. The highest BCUT2D eigenvalue weighted by Gasteiger charge is 2.36. The molecule has 4 heterocycles. The van der Waals surface area contributed by atoms with Gasteiger partial charge in [-0.25, -0.2) is 14.6 Å². The highest BCUT2D eigenvalue weighted by atomic mass is 32.1. The molecule has 33 heavy (non-hydrogen) atoms. The molecule has 1 fully saturated rings. The number of nitrogens with one attached hydrogen (secondary N) is 1. The van der Waals surface area contributed by atoms with E-state index in [2.05, 4.69) is 15.0 Å². The monoisotopic (exact) mass is 474 g/mol. The van der Waals surface area contributed by atoms with Crippen LogP contribution in [-0.4, -0.2) is 55.2 Å². The molecular formula is C23H30N4O5S. The Morgan fingerprint density at radius 2 is 1.97 bits per heavy atom. The molecule has 4 rings (SSSR count). The summed E-state index contributed by atoms with van der Waals surface area (Å²) >= 11 is 1.39. The molecule has 10 heteroatoms. The van der Waals surface area contributed by atoms with Gasteiger partial charge in [0, 0.05) is 12.7 Å². The van der Waals surface area contributed by atoms with Crippen molar-refractivity contribution in [1.82, 2.24) is 19.9 Å². The number of hydrogen-bond donors (Lipinski definition) is 2. The van der Waals surface area contributed by atoms with Gasteiger partial charge < -0.3 is 14.8 Å². The Morgan fingerprint density at radius 3 is 2.58 bits per heavy atom. The van der Waals surface area contributed by atoms with Crippen LogP contribution in [0.4, 0.5) is 4.79 Å². The summed E-state index contributed by atoms with van der Waals surface area (Å²) in [6.07, 6.45) is 2.37. The first-order chi connectivity index (χ1) is 15.7. The predicted molar refractivity (Wildman–Crippen MR) is 128 cm³/mol. The van der Waals surface area contributed by atoms with Crippen LogP contribution >= 0.6 is 11.3 Å². The van der Waals surface area contributed by atoms with Crippen molar-refractivity contribution in [1.29, 1.82) is 0 Å². The van der Waals surface area contributed by atoms with E-state index >= 15 is 0 Å². The summed E-state index contributed by atoms with van der Waals surface area (Å²) in [5.74, 6) is -0.449. The van der Waals surface area contributed by atoms with Crippen LogP contribution in [0, 0.1) is 0 Å². The normalized spacial score (nSPS) is 15.2. The molecule has 0 aromatic carbocycles. The first-order valence-corrected chi connectivity index (χ1v) is 11.6. The minimum Gasteiger partial charge on any atom is -0.480 e. The van der Waals surface area contributed by atoms with Gasteiger partial charge in [-0.15, -0.1) is 11.3 Å². The number of likely N-dealkylation sites (tertiary alicyclic amines) is 1. The minimum absolute atomic E-state index is 0.111. The number of rotatable bonds is 2. The van der Waals surface area contributed by atoms with E-state index in [1.54, 1.807) is 27.0 Å². The van der Waals surface area contributed by atoms with Crippen molar-refractivity contribution in [3.63, 3.8) is 0 Å². The number of fused-ring (bicyclic) bond motifs is 1. The Bertz CT molecular complexity index is 1120. The molecule has 0 bridgehead atoms. The number of carbonyl (C=O) groups is 2. The third-order valence-electron chi connectivity index (χ3n) is 4.39. The van der Waals surface area contributed by atoms with Crippen molar-refractivity contribution >= 4 is 33.6 Å². The second-order valence-corrected chi connectivity index (χ2v) is 8.85. The average molecular weight is 475 g/mol. The zero-order valence-electron chi connectivity index (χ0n) is 19.5. The Kier molecular flexibility index (Phi) is 9.10. The average Bonchev–Trinajstić information content (AvgIpc) is 3.45. The van der Waals surface area contributed by atoms with Crippen molar-refractivity contribution in [3.05, 3.63) is 46.2 Å². The van der Waals surface area contributed by atoms with Crippen LogP contribution < -0.4 is 5.56 Å². The zero-order chi connectivity index (χ0) is 24.6. The Balaban J connectivity index is 0.000000218. The molecule has 1 amide bonds. The van der Waals surface area contributed by atoms with E-state index in [0.717, 1.165) is 11.9 Å². The number of aromatic nitrogens is 3. The molecule has 0 saturated carbocycles. The van der Waals surface area contributed by atoms with Gasteiger partial charge in [-0.05, 0) is 57.2 Å². The van der Waals surface area contributed by atoms with Crippen molar-refractivity contribution in [2.45, 2.75) is 59.1 Å². The second kappa shape index (κ2) is 11.6. The summed E-state index contributed by atoms with van der Waals surface area (Å²) in [7, 11) is 0. The summed E-state index contributed by atoms with van der Waals surface area (Å²) < 4.78 is 5.78. The number of nitrogens with zero attached hydrogens (tertiary/aromatic N) is 3. The highest BCUT2D eigenvalue weighted by molar-refractivity contribution is 7.17. The Labute approximate surface area is 196 Å².